The number of thiophene rings is 1. The van der Waals surface area contributed by atoms with E-state index in [1.807, 2.05) is 5.38 Å². The van der Waals surface area contributed by atoms with Crippen molar-refractivity contribution in [2.75, 3.05) is 0 Å². The van der Waals surface area contributed by atoms with Gasteiger partial charge in [0, 0.05) is 9.85 Å². The molecule has 0 radical (unpaired) electrons. The van der Waals surface area contributed by atoms with Crippen LogP contribution in [0.1, 0.15) is 16.6 Å². The Morgan fingerprint density at radius 3 is 2.58 bits per heavy atom. The first-order valence-electron chi connectivity index (χ1n) is 3.14. The zero-order chi connectivity index (χ0) is 9.30. The minimum atomic E-state index is -0.466. The highest BCUT2D eigenvalue weighted by Gasteiger charge is 2.18. The van der Waals surface area contributed by atoms with Crippen LogP contribution in [0.25, 0.3) is 0 Å². The van der Waals surface area contributed by atoms with Crippen molar-refractivity contribution in [3.8, 4) is 0 Å². The summed E-state index contributed by atoms with van der Waals surface area (Å²) >= 11 is 13.7. The fraction of sp³-hybridized carbons (Fsp3) is 0.286. The number of carbonyl (C=O) groups is 1. The summed E-state index contributed by atoms with van der Waals surface area (Å²) in [4.78, 5) is 12.1. The molecule has 0 saturated heterocycles. The number of ketones is 1. The number of alkyl halides is 1. The van der Waals surface area contributed by atoms with Crippen LogP contribution in [0.15, 0.2) is 14.3 Å². The number of rotatable bonds is 2. The molecule has 0 spiro atoms. The average Bonchev–Trinajstić information content (AvgIpc) is 2.32. The summed E-state index contributed by atoms with van der Waals surface area (Å²) in [5, 5.41) is 1.39. The van der Waals surface area contributed by atoms with Gasteiger partial charge in [0.1, 0.15) is 0 Å². The molecule has 0 amide bonds. The van der Waals surface area contributed by atoms with Crippen molar-refractivity contribution in [3.05, 3.63) is 19.2 Å². The van der Waals surface area contributed by atoms with Gasteiger partial charge in [0.25, 0.3) is 0 Å². The van der Waals surface area contributed by atoms with E-state index in [1.165, 1.54) is 11.3 Å². The smallest absolute Gasteiger partial charge is 0.191 e. The van der Waals surface area contributed by atoms with E-state index in [0.29, 0.717) is 4.88 Å². The summed E-state index contributed by atoms with van der Waals surface area (Å²) in [6, 6.07) is 0. The molecule has 0 aliphatic heterocycles. The van der Waals surface area contributed by atoms with Crippen molar-refractivity contribution >= 4 is 60.6 Å². The second-order valence-corrected chi connectivity index (χ2v) is 5.39. The molecule has 0 fully saturated rings. The van der Waals surface area contributed by atoms with Gasteiger partial charge >= 0.3 is 0 Å². The van der Waals surface area contributed by atoms with E-state index >= 15 is 0 Å². The Bertz CT molecular complexity index is 308. The molecular formula is C7H5Br2ClOS. The van der Waals surface area contributed by atoms with Crippen LogP contribution in [0.2, 0.25) is 0 Å². The Hall–Kier alpha value is 0.620. The summed E-state index contributed by atoms with van der Waals surface area (Å²) in [5.74, 6) is -0.0424. The van der Waals surface area contributed by atoms with E-state index in [9.17, 15) is 4.79 Å². The van der Waals surface area contributed by atoms with Crippen molar-refractivity contribution in [2.45, 2.75) is 12.3 Å². The van der Waals surface area contributed by atoms with Gasteiger partial charge in [-0.25, -0.2) is 0 Å². The molecule has 0 N–H and O–H groups in total. The highest BCUT2D eigenvalue weighted by molar-refractivity contribution is 9.13. The van der Waals surface area contributed by atoms with Gasteiger partial charge in [0.2, 0.25) is 0 Å². The maximum absolute atomic E-state index is 11.4. The van der Waals surface area contributed by atoms with Gasteiger partial charge in [-0.15, -0.1) is 22.9 Å². The van der Waals surface area contributed by atoms with Crippen LogP contribution in [0.4, 0.5) is 0 Å². The minimum absolute atomic E-state index is 0.0424. The predicted molar refractivity (Wildman–Crippen MR) is 59.4 cm³/mol. The van der Waals surface area contributed by atoms with Crippen LogP contribution in [-0.2, 0) is 0 Å². The topological polar surface area (TPSA) is 17.1 Å². The highest BCUT2D eigenvalue weighted by Crippen LogP contribution is 2.33. The van der Waals surface area contributed by atoms with Crippen molar-refractivity contribution in [1.29, 1.82) is 0 Å². The first-order chi connectivity index (χ1) is 5.54. The van der Waals surface area contributed by atoms with Gasteiger partial charge in [-0.1, -0.05) is 0 Å². The number of Topliss-reactive ketones (excluding diaryl/α,β-unsaturated/α-hetero) is 1. The maximum Gasteiger partial charge on any atom is 0.191 e. The van der Waals surface area contributed by atoms with E-state index in [1.54, 1.807) is 6.92 Å². The Labute approximate surface area is 96.4 Å². The van der Waals surface area contributed by atoms with Crippen LogP contribution in [0.3, 0.4) is 0 Å². The first kappa shape index (κ1) is 10.7. The van der Waals surface area contributed by atoms with E-state index in [2.05, 4.69) is 31.9 Å². The lowest BCUT2D eigenvalue weighted by Crippen LogP contribution is -2.08. The number of halogens is 3. The Balaban J connectivity index is 3.04. The molecule has 1 aromatic heterocycles. The summed E-state index contributed by atoms with van der Waals surface area (Å²) in [7, 11) is 0. The molecule has 0 aliphatic carbocycles. The van der Waals surface area contributed by atoms with Gasteiger partial charge in [0.15, 0.2) is 5.78 Å². The average molecular weight is 332 g/mol. The third-order valence-corrected chi connectivity index (χ3v) is 5.01. The van der Waals surface area contributed by atoms with Crippen molar-refractivity contribution in [2.24, 2.45) is 0 Å². The largest absolute Gasteiger partial charge is 0.292 e. The van der Waals surface area contributed by atoms with Gasteiger partial charge in [-0.3, -0.25) is 4.79 Å². The normalized spacial score (nSPS) is 13.0. The predicted octanol–water partition coefficient (Wildman–Crippen LogP) is 4.08. The third-order valence-electron chi connectivity index (χ3n) is 1.27. The van der Waals surface area contributed by atoms with Gasteiger partial charge in [-0.2, -0.15) is 0 Å². The zero-order valence-electron chi connectivity index (χ0n) is 6.11. The molecule has 1 unspecified atom stereocenters. The Kier molecular flexibility index (Phi) is 3.76. The third kappa shape index (κ3) is 2.10. The summed E-state index contributed by atoms with van der Waals surface area (Å²) in [6.07, 6.45) is 0. The summed E-state index contributed by atoms with van der Waals surface area (Å²) < 4.78 is 1.69. The molecule has 66 valence electrons. The standard InChI is InChI=1S/C7H5Br2ClOS/c1-3(10)6(11)7-5(9)4(8)2-12-7/h2-3H,1H3. The van der Waals surface area contributed by atoms with Crippen LogP contribution < -0.4 is 0 Å². The molecule has 1 aromatic rings. The second kappa shape index (κ2) is 4.22. The van der Waals surface area contributed by atoms with Gasteiger partial charge in [-0.05, 0) is 38.8 Å². The Morgan fingerprint density at radius 2 is 2.25 bits per heavy atom. The molecule has 1 nitrogen and oxygen atoms in total. The molecule has 5 heteroatoms. The van der Waals surface area contributed by atoms with Crippen molar-refractivity contribution in [3.63, 3.8) is 0 Å². The zero-order valence-corrected chi connectivity index (χ0v) is 10.8. The highest BCUT2D eigenvalue weighted by atomic mass is 79.9. The molecule has 1 heterocycles. The lowest BCUT2D eigenvalue weighted by molar-refractivity contribution is 0.0995. The fourth-order valence-corrected chi connectivity index (χ4v) is 3.04. The van der Waals surface area contributed by atoms with Crippen LogP contribution in [-0.4, -0.2) is 11.2 Å². The van der Waals surface area contributed by atoms with E-state index in [0.717, 1.165) is 8.95 Å². The molecule has 1 atom stereocenters. The number of hydrogen-bond donors (Lipinski definition) is 0. The molecule has 12 heavy (non-hydrogen) atoms. The van der Waals surface area contributed by atoms with E-state index in [4.69, 9.17) is 11.6 Å². The lowest BCUT2D eigenvalue weighted by Gasteiger charge is -1.98. The Morgan fingerprint density at radius 1 is 1.67 bits per heavy atom. The first-order valence-corrected chi connectivity index (χ1v) is 6.05. The number of carbonyl (C=O) groups excluding carboxylic acids is 1. The van der Waals surface area contributed by atoms with Crippen LogP contribution in [0.5, 0.6) is 0 Å². The second-order valence-electron chi connectivity index (χ2n) is 2.21. The summed E-state index contributed by atoms with van der Waals surface area (Å²) in [5.41, 5.74) is 0. The van der Waals surface area contributed by atoms with Crippen molar-refractivity contribution < 1.29 is 4.79 Å². The minimum Gasteiger partial charge on any atom is -0.292 e. The van der Waals surface area contributed by atoms with Crippen LogP contribution in [0, 0.1) is 0 Å². The molecule has 1 rings (SSSR count). The fourth-order valence-electron chi connectivity index (χ4n) is 0.669. The lowest BCUT2D eigenvalue weighted by atomic mass is 10.2. The molecular weight excluding hydrogens is 327 g/mol. The maximum atomic E-state index is 11.4. The summed E-state index contributed by atoms with van der Waals surface area (Å²) in [6.45, 7) is 1.67. The van der Waals surface area contributed by atoms with Gasteiger partial charge < -0.3 is 0 Å². The molecule has 0 bridgehead atoms. The SMILES string of the molecule is CC(Cl)C(=O)c1scc(Br)c1Br. The molecule has 0 aliphatic rings. The van der Waals surface area contributed by atoms with E-state index in [-0.39, 0.29) is 5.78 Å². The molecule has 0 saturated carbocycles. The monoisotopic (exact) mass is 330 g/mol. The molecule has 0 aromatic carbocycles. The quantitative estimate of drug-likeness (QED) is 0.589. The van der Waals surface area contributed by atoms with Crippen molar-refractivity contribution in [1.82, 2.24) is 0 Å². The van der Waals surface area contributed by atoms with Gasteiger partial charge in [0.05, 0.1) is 14.7 Å². The van der Waals surface area contributed by atoms with E-state index < -0.39 is 5.38 Å². The van der Waals surface area contributed by atoms with Crippen LogP contribution >= 0.6 is 54.8 Å². The number of hydrogen-bond acceptors (Lipinski definition) is 2.